The van der Waals surface area contributed by atoms with E-state index in [0.717, 1.165) is 12.1 Å². The molecule has 4 heteroatoms. The van der Waals surface area contributed by atoms with Gasteiger partial charge in [-0.25, -0.2) is 0 Å². The molecule has 1 aromatic carbocycles. The number of terminal acetylenes is 1. The summed E-state index contributed by atoms with van der Waals surface area (Å²) in [6.45, 7) is 1.00. The molecule has 0 spiro atoms. The Morgan fingerprint density at radius 3 is 2.69 bits per heavy atom. The van der Waals surface area contributed by atoms with E-state index in [1.54, 1.807) is 6.07 Å². The Morgan fingerprint density at radius 1 is 1.31 bits per heavy atom. The highest BCUT2D eigenvalue weighted by molar-refractivity contribution is 5.25. The van der Waals surface area contributed by atoms with Crippen LogP contribution in [0.5, 0.6) is 0 Å². The van der Waals surface area contributed by atoms with Gasteiger partial charge in [-0.2, -0.15) is 13.2 Å². The van der Waals surface area contributed by atoms with Gasteiger partial charge in [-0.3, -0.25) is 0 Å². The highest BCUT2D eigenvalue weighted by atomic mass is 19.4. The molecule has 0 heterocycles. The third-order valence-electron chi connectivity index (χ3n) is 2.07. The quantitative estimate of drug-likeness (QED) is 0.615. The molecule has 0 aromatic heterocycles. The molecule has 0 saturated carbocycles. The summed E-state index contributed by atoms with van der Waals surface area (Å²) in [5, 5.41) is 2.92. The van der Waals surface area contributed by atoms with E-state index in [1.165, 1.54) is 6.07 Å². The molecule has 16 heavy (non-hydrogen) atoms. The van der Waals surface area contributed by atoms with Crippen molar-refractivity contribution in [2.45, 2.75) is 12.6 Å². The zero-order chi connectivity index (χ0) is 12.0. The average molecular weight is 227 g/mol. The van der Waals surface area contributed by atoms with Crippen molar-refractivity contribution < 1.29 is 13.2 Å². The summed E-state index contributed by atoms with van der Waals surface area (Å²) in [6, 6.07) is 5.32. The molecule has 0 saturated heterocycles. The number of halogens is 3. The van der Waals surface area contributed by atoms with Crippen LogP contribution in [-0.2, 0) is 12.6 Å². The second-order valence-corrected chi connectivity index (χ2v) is 3.33. The lowest BCUT2D eigenvalue weighted by Gasteiger charge is -2.08. The minimum Gasteiger partial charge on any atom is -0.306 e. The van der Waals surface area contributed by atoms with Crippen molar-refractivity contribution in [3.05, 3.63) is 35.4 Å². The summed E-state index contributed by atoms with van der Waals surface area (Å²) in [4.78, 5) is 0. The molecule has 0 amide bonds. The van der Waals surface area contributed by atoms with E-state index < -0.39 is 11.7 Å². The molecule has 0 aliphatic heterocycles. The van der Waals surface area contributed by atoms with E-state index in [4.69, 9.17) is 6.42 Å². The third-order valence-corrected chi connectivity index (χ3v) is 2.07. The minimum absolute atomic E-state index is 0.430. The Bertz CT molecular complexity index is 377. The van der Waals surface area contributed by atoms with E-state index in [2.05, 4.69) is 11.2 Å². The first-order valence-electron chi connectivity index (χ1n) is 4.84. The number of hydrogen-bond donors (Lipinski definition) is 1. The summed E-state index contributed by atoms with van der Waals surface area (Å²) in [5.41, 5.74) is 0.0429. The molecule has 1 aromatic rings. The molecular formula is C12H12F3N. The summed E-state index contributed by atoms with van der Waals surface area (Å²) >= 11 is 0. The van der Waals surface area contributed by atoms with Crippen molar-refractivity contribution in [3.63, 3.8) is 0 Å². The normalized spacial score (nSPS) is 11.1. The molecule has 0 aliphatic rings. The van der Waals surface area contributed by atoms with Crippen molar-refractivity contribution in [2.24, 2.45) is 0 Å². The summed E-state index contributed by atoms with van der Waals surface area (Å²) in [6.07, 6.45) is 1.29. The monoisotopic (exact) mass is 227 g/mol. The van der Waals surface area contributed by atoms with E-state index in [1.807, 2.05) is 0 Å². The Labute approximate surface area is 92.7 Å². The predicted octanol–water partition coefficient (Wildman–Crippen LogP) is 2.47. The maximum absolute atomic E-state index is 12.4. The van der Waals surface area contributed by atoms with Gasteiger partial charge in [-0.1, -0.05) is 24.1 Å². The van der Waals surface area contributed by atoms with Gasteiger partial charge in [0.15, 0.2) is 0 Å². The van der Waals surface area contributed by atoms with Crippen LogP contribution in [-0.4, -0.2) is 13.1 Å². The van der Waals surface area contributed by atoms with Crippen molar-refractivity contribution >= 4 is 0 Å². The van der Waals surface area contributed by atoms with Crippen LogP contribution in [0, 0.1) is 12.3 Å². The maximum Gasteiger partial charge on any atom is 0.416 e. The van der Waals surface area contributed by atoms with E-state index in [0.29, 0.717) is 25.1 Å². The molecule has 1 N–H and O–H groups in total. The second kappa shape index (κ2) is 5.57. The van der Waals surface area contributed by atoms with Crippen molar-refractivity contribution in [1.82, 2.24) is 5.32 Å². The van der Waals surface area contributed by atoms with Gasteiger partial charge in [-0.05, 0) is 18.1 Å². The van der Waals surface area contributed by atoms with Crippen LogP contribution < -0.4 is 5.32 Å². The van der Waals surface area contributed by atoms with Gasteiger partial charge in [0, 0.05) is 6.54 Å². The zero-order valence-corrected chi connectivity index (χ0v) is 8.64. The largest absolute Gasteiger partial charge is 0.416 e. The van der Waals surface area contributed by atoms with E-state index in [9.17, 15) is 13.2 Å². The smallest absolute Gasteiger partial charge is 0.306 e. The lowest BCUT2D eigenvalue weighted by atomic mass is 10.1. The first-order chi connectivity index (χ1) is 7.54. The molecule has 0 fully saturated rings. The number of hydrogen-bond acceptors (Lipinski definition) is 1. The van der Waals surface area contributed by atoms with Crippen LogP contribution in [0.2, 0.25) is 0 Å². The lowest BCUT2D eigenvalue weighted by molar-refractivity contribution is -0.137. The van der Waals surface area contributed by atoms with Crippen molar-refractivity contribution in [1.29, 1.82) is 0 Å². The maximum atomic E-state index is 12.4. The Kier molecular flexibility index (Phi) is 4.39. The van der Waals surface area contributed by atoms with Gasteiger partial charge < -0.3 is 5.32 Å². The van der Waals surface area contributed by atoms with Crippen LogP contribution in [0.4, 0.5) is 13.2 Å². The van der Waals surface area contributed by atoms with Crippen molar-refractivity contribution in [2.75, 3.05) is 13.1 Å². The number of rotatable bonds is 4. The molecule has 0 bridgehead atoms. The molecule has 1 nitrogen and oxygen atoms in total. The van der Waals surface area contributed by atoms with Gasteiger partial charge in [0.05, 0.1) is 12.1 Å². The number of alkyl halides is 3. The molecule has 0 aliphatic carbocycles. The minimum atomic E-state index is -4.28. The van der Waals surface area contributed by atoms with Crippen molar-refractivity contribution in [3.8, 4) is 12.3 Å². The SMILES string of the molecule is C#CCNCCc1cccc(C(F)(F)F)c1. The number of benzene rings is 1. The summed E-state index contributed by atoms with van der Waals surface area (Å²) in [7, 11) is 0. The first-order valence-corrected chi connectivity index (χ1v) is 4.84. The third kappa shape index (κ3) is 3.95. The predicted molar refractivity (Wildman–Crippen MR) is 56.9 cm³/mol. The zero-order valence-electron chi connectivity index (χ0n) is 8.64. The molecular weight excluding hydrogens is 215 g/mol. The Morgan fingerprint density at radius 2 is 2.06 bits per heavy atom. The van der Waals surface area contributed by atoms with E-state index in [-0.39, 0.29) is 0 Å². The molecule has 1 rings (SSSR count). The van der Waals surface area contributed by atoms with E-state index >= 15 is 0 Å². The fourth-order valence-electron chi connectivity index (χ4n) is 1.30. The Hall–Kier alpha value is -1.47. The Balaban J connectivity index is 2.58. The van der Waals surface area contributed by atoms with Crippen LogP contribution in [0.1, 0.15) is 11.1 Å². The van der Waals surface area contributed by atoms with Crippen LogP contribution >= 0.6 is 0 Å². The molecule has 0 unspecified atom stereocenters. The molecule has 0 radical (unpaired) electrons. The fraction of sp³-hybridized carbons (Fsp3) is 0.333. The topological polar surface area (TPSA) is 12.0 Å². The summed E-state index contributed by atoms with van der Waals surface area (Å²) in [5.74, 6) is 2.40. The molecule has 0 atom stereocenters. The van der Waals surface area contributed by atoms with Gasteiger partial charge in [-0.15, -0.1) is 6.42 Å². The van der Waals surface area contributed by atoms with Crippen LogP contribution in [0.25, 0.3) is 0 Å². The molecule has 86 valence electrons. The van der Waals surface area contributed by atoms with Gasteiger partial charge in [0.25, 0.3) is 0 Å². The van der Waals surface area contributed by atoms with Gasteiger partial charge in [0.1, 0.15) is 0 Å². The van der Waals surface area contributed by atoms with Crippen LogP contribution in [0.15, 0.2) is 24.3 Å². The lowest BCUT2D eigenvalue weighted by Crippen LogP contribution is -2.17. The number of nitrogens with one attached hydrogen (secondary N) is 1. The fourth-order valence-corrected chi connectivity index (χ4v) is 1.30. The highest BCUT2D eigenvalue weighted by Gasteiger charge is 2.30. The first kappa shape index (κ1) is 12.6. The highest BCUT2D eigenvalue weighted by Crippen LogP contribution is 2.29. The summed E-state index contributed by atoms with van der Waals surface area (Å²) < 4.78 is 37.1. The van der Waals surface area contributed by atoms with Gasteiger partial charge in [0.2, 0.25) is 0 Å². The van der Waals surface area contributed by atoms with Gasteiger partial charge >= 0.3 is 6.18 Å². The second-order valence-electron chi connectivity index (χ2n) is 3.33. The van der Waals surface area contributed by atoms with Crippen LogP contribution in [0.3, 0.4) is 0 Å². The standard InChI is InChI=1S/C12H12F3N/c1-2-7-16-8-6-10-4-3-5-11(9-10)12(13,14)15/h1,3-5,9,16H,6-8H2. The average Bonchev–Trinajstić information content (AvgIpc) is 2.24.